The van der Waals surface area contributed by atoms with Gasteiger partial charge in [0.25, 0.3) is 0 Å². The number of carboxylic acid groups (broad SMARTS) is 1. The first-order chi connectivity index (χ1) is 36.0. The molecule has 6 saturated carbocycles. The second-order valence-electron chi connectivity index (χ2n) is 24.9. The molecule has 12 aliphatic rings. The molecule has 15 nitrogen and oxygen atoms in total. The largest absolute Gasteiger partial charge is 0.504 e. The highest BCUT2D eigenvalue weighted by atomic mass is 32.1. The molecule has 75 heavy (non-hydrogen) atoms. The molecule has 400 valence electrons. The van der Waals surface area contributed by atoms with Crippen LogP contribution in [0.3, 0.4) is 0 Å². The number of thiophene rings is 2. The topological polar surface area (TPSA) is 216 Å². The molecule has 6 unspecified atom stereocenters. The number of rotatable bonds is 10. The number of carbonyl (C=O) groups excluding carboxylic acids is 1. The minimum atomic E-state index is -1.04. The van der Waals surface area contributed by atoms with Crippen molar-refractivity contribution in [3.8, 4) is 23.0 Å². The van der Waals surface area contributed by atoms with Gasteiger partial charge in [0.05, 0.1) is 45.2 Å². The number of phenols is 2. The summed E-state index contributed by atoms with van der Waals surface area (Å²) in [6.45, 7) is 2.85. The summed E-state index contributed by atoms with van der Waals surface area (Å²) in [5.74, 6) is 1.40. The van der Waals surface area contributed by atoms with Gasteiger partial charge in [0.15, 0.2) is 23.0 Å². The molecule has 17 heteroatoms. The van der Waals surface area contributed by atoms with Crippen molar-refractivity contribution < 1.29 is 54.8 Å². The molecule has 2 aromatic carbocycles. The van der Waals surface area contributed by atoms with Crippen LogP contribution in [0.15, 0.2) is 57.9 Å². The van der Waals surface area contributed by atoms with Crippen LogP contribution in [0.2, 0.25) is 0 Å². The molecular weight excluding hydrogens is 993 g/mol. The number of carboxylic acids is 1. The van der Waals surface area contributed by atoms with Crippen molar-refractivity contribution in [1.82, 2.24) is 20.0 Å². The average molecular weight is 1060 g/mol. The van der Waals surface area contributed by atoms with E-state index in [0.717, 1.165) is 87.6 Å². The Balaban J connectivity index is 0.000000118. The second kappa shape index (κ2) is 16.9. The van der Waals surface area contributed by atoms with Gasteiger partial charge < -0.3 is 55.4 Å². The SMILES string of the molecule is CN(C(=O)C1CC1c1ccsc1)[C@@H]1CC[C@@]2(O)C3Cc4ccc(O)c5c4[C@@]2(CCN3CC2(O)CC2)[C@H]1O5.CN[C@@H]1CC[C@@]2(O)C3Cc4ccc(O)c5c4[C@@]2(CCN3CC2(O)CC2)[C@H]1O5.O=C(O)C1CC1c1ccsc1. The van der Waals surface area contributed by atoms with E-state index >= 15 is 0 Å². The highest BCUT2D eigenvalue weighted by Gasteiger charge is 2.75. The van der Waals surface area contributed by atoms with Crippen LogP contribution in [0.1, 0.15) is 122 Å². The fourth-order valence-corrected chi connectivity index (χ4v) is 18.2. The Labute approximate surface area is 445 Å². The Bertz CT molecular complexity index is 2950. The van der Waals surface area contributed by atoms with Crippen LogP contribution in [-0.2, 0) is 33.3 Å². The van der Waals surface area contributed by atoms with E-state index in [1.54, 1.807) is 34.8 Å². The number of likely N-dealkylation sites (tertiary alicyclic amines) is 2. The van der Waals surface area contributed by atoms with Crippen molar-refractivity contribution in [1.29, 1.82) is 0 Å². The number of aliphatic carboxylic acids is 1. The lowest BCUT2D eigenvalue weighted by molar-refractivity contribution is -0.203. The number of aliphatic hydroxyl groups is 4. The Kier molecular flexibility index (Phi) is 11.0. The number of nitrogens with zero attached hydrogens (tertiary/aromatic N) is 3. The molecule has 2 spiro atoms. The van der Waals surface area contributed by atoms with Crippen LogP contribution in [0, 0.1) is 11.8 Å². The number of benzene rings is 2. The number of ether oxygens (including phenoxy) is 2. The second-order valence-corrected chi connectivity index (χ2v) is 26.5. The van der Waals surface area contributed by atoms with Crippen LogP contribution in [-0.4, -0.2) is 161 Å². The van der Waals surface area contributed by atoms with E-state index in [4.69, 9.17) is 14.6 Å². The fourth-order valence-electron chi connectivity index (χ4n) is 16.7. The first kappa shape index (κ1) is 49.0. The molecular formula is C58H70N4O11S2. The minimum Gasteiger partial charge on any atom is -0.504 e. The maximum Gasteiger partial charge on any atom is 0.307 e. The zero-order valence-electron chi connectivity index (χ0n) is 42.7. The molecule has 1 amide bonds. The van der Waals surface area contributed by atoms with Crippen LogP contribution in [0.25, 0.3) is 0 Å². The third-order valence-corrected chi connectivity index (χ3v) is 22.5. The van der Waals surface area contributed by atoms with Gasteiger partial charge in [-0.1, -0.05) is 12.1 Å². The van der Waals surface area contributed by atoms with Gasteiger partial charge in [0.2, 0.25) is 5.91 Å². The summed E-state index contributed by atoms with van der Waals surface area (Å²) in [4.78, 5) is 30.7. The lowest BCUT2D eigenvalue weighted by Crippen LogP contribution is -2.78. The summed E-state index contributed by atoms with van der Waals surface area (Å²) < 4.78 is 13.0. The predicted octanol–water partition coefficient (Wildman–Crippen LogP) is 5.36. The lowest BCUT2D eigenvalue weighted by Gasteiger charge is -2.64. The van der Waals surface area contributed by atoms with Gasteiger partial charge in [-0.2, -0.15) is 22.7 Å². The molecule has 4 bridgehead atoms. The van der Waals surface area contributed by atoms with E-state index < -0.39 is 45.3 Å². The van der Waals surface area contributed by atoms with Gasteiger partial charge >= 0.3 is 5.97 Å². The van der Waals surface area contributed by atoms with Crippen molar-refractivity contribution in [2.24, 2.45) is 11.8 Å². The van der Waals surface area contributed by atoms with Crippen LogP contribution in [0.5, 0.6) is 23.0 Å². The van der Waals surface area contributed by atoms with E-state index in [1.165, 1.54) is 16.7 Å². The summed E-state index contributed by atoms with van der Waals surface area (Å²) in [6.07, 6.45) is 10.2. The standard InChI is InChI=1S/C29H34N2O5S.C21H28N2O4.C8H8O2S/c1-30(26(33)19-13-18(19)17-5-11-37-14-17)20-4-6-29(35)22-12-16-2-3-21(32)24-23(16)28(29,25(20)36-24)9-10-31(22)15-27(34)7-8-27;1-22-13-4-5-21(26)15-10-12-2-3-14(24)17-16(12)20(21,18(13)27-17)8-9-23(15)11-19(25)6-7-19;9-8(10)7-3-6(7)5-1-2-11-4-5/h2-3,5,11,14,18-20,22,25,32,34-35H,4,6-10,12-13,15H2,1H3;2-3,13,15,18,22,24-26H,4-11H2,1H3;1-2,4,6-7H,3H2,(H,9,10)/t18?,19?,20-,22?,25+,28+,29-;13-,15?,18+,20+,21-;/m11./s1. The van der Waals surface area contributed by atoms with E-state index in [9.17, 15) is 40.2 Å². The Morgan fingerprint density at radius 1 is 0.680 bits per heavy atom. The molecule has 8 fully saturated rings. The number of carbonyl (C=O) groups is 2. The molecule has 2 saturated heterocycles. The van der Waals surface area contributed by atoms with E-state index in [-0.39, 0.29) is 59.5 Å². The molecule has 8 aliphatic carbocycles. The molecule has 0 radical (unpaired) electrons. The Morgan fingerprint density at radius 2 is 1.17 bits per heavy atom. The highest BCUT2D eigenvalue weighted by molar-refractivity contribution is 7.08. The van der Waals surface area contributed by atoms with Crippen LogP contribution < -0.4 is 14.8 Å². The number of likely N-dealkylation sites (N-methyl/N-ethyl adjacent to an activating group) is 2. The number of phenolic OH excluding ortho intramolecular Hbond substituents is 2. The average Bonchev–Trinajstić information content (AvgIpc) is 4.46. The summed E-state index contributed by atoms with van der Waals surface area (Å²) in [5.41, 5.74) is 2.52. The van der Waals surface area contributed by atoms with Crippen LogP contribution >= 0.6 is 22.7 Å². The smallest absolute Gasteiger partial charge is 0.307 e. The third-order valence-electron chi connectivity index (χ3n) is 21.1. The maximum atomic E-state index is 13.7. The molecule has 4 aromatic rings. The van der Waals surface area contributed by atoms with Gasteiger partial charge in [-0.05, 0) is 190 Å². The lowest BCUT2D eigenvalue weighted by atomic mass is 9.48. The summed E-state index contributed by atoms with van der Waals surface area (Å²) in [7, 11) is 3.86. The molecule has 8 N–H and O–H groups in total. The normalized spacial score (nSPS) is 39.4. The van der Waals surface area contributed by atoms with Gasteiger partial charge in [-0.25, -0.2) is 0 Å². The molecule has 6 heterocycles. The number of hydrogen-bond acceptors (Lipinski definition) is 15. The van der Waals surface area contributed by atoms with Crippen molar-refractivity contribution in [2.45, 2.75) is 171 Å². The summed E-state index contributed by atoms with van der Waals surface area (Å²) >= 11 is 3.30. The van der Waals surface area contributed by atoms with Gasteiger partial charge in [-0.3, -0.25) is 19.4 Å². The number of β-amino-alcohol motifs (C(OH)–C–C–N with tert-alkyl or cyclic N) is 2. The maximum absolute atomic E-state index is 13.7. The number of amides is 1. The molecule has 16 rings (SSSR count). The Morgan fingerprint density at radius 3 is 1.65 bits per heavy atom. The number of aromatic hydroxyl groups is 2. The molecule has 4 aliphatic heterocycles. The highest BCUT2D eigenvalue weighted by Crippen LogP contribution is 2.68. The first-order valence-electron chi connectivity index (χ1n) is 27.6. The fraction of sp³-hybridized carbons (Fsp3) is 0.621. The third kappa shape index (κ3) is 7.13. The first-order valence-corrected chi connectivity index (χ1v) is 29.5. The van der Waals surface area contributed by atoms with E-state index in [0.29, 0.717) is 68.5 Å². The number of hydrogen-bond donors (Lipinski definition) is 8. The summed E-state index contributed by atoms with van der Waals surface area (Å²) in [5, 5.41) is 87.7. The number of piperidine rings is 2. The summed E-state index contributed by atoms with van der Waals surface area (Å²) in [6, 6.07) is 11.4. The predicted molar refractivity (Wildman–Crippen MR) is 280 cm³/mol. The van der Waals surface area contributed by atoms with Gasteiger partial charge in [0.1, 0.15) is 12.2 Å². The zero-order valence-corrected chi connectivity index (χ0v) is 44.3. The van der Waals surface area contributed by atoms with E-state index in [1.807, 2.05) is 48.0 Å². The minimum absolute atomic E-state index is 0.00545. The monoisotopic (exact) mass is 1060 g/mol. The number of nitrogens with one attached hydrogen (secondary N) is 1. The molecule has 14 atom stereocenters. The van der Waals surface area contributed by atoms with Gasteiger partial charge in [-0.15, -0.1) is 0 Å². The van der Waals surface area contributed by atoms with Crippen LogP contribution in [0.4, 0.5) is 0 Å². The van der Waals surface area contributed by atoms with E-state index in [2.05, 4.69) is 31.9 Å². The molecule has 2 aromatic heterocycles. The van der Waals surface area contributed by atoms with Crippen molar-refractivity contribution >= 4 is 34.6 Å². The zero-order chi connectivity index (χ0) is 51.8. The quantitative estimate of drug-likeness (QED) is 0.101. The van der Waals surface area contributed by atoms with Crippen molar-refractivity contribution in [3.63, 3.8) is 0 Å². The van der Waals surface area contributed by atoms with Gasteiger partial charge in [0, 0.05) is 55.3 Å². The van der Waals surface area contributed by atoms with Crippen molar-refractivity contribution in [2.75, 3.05) is 40.3 Å². The Hall–Kier alpha value is -4.30. The van der Waals surface area contributed by atoms with Crippen molar-refractivity contribution in [3.05, 3.63) is 91.3 Å².